The largest absolute Gasteiger partial charge is 0.495 e. The Morgan fingerprint density at radius 1 is 1.13 bits per heavy atom. The number of benzene rings is 1. The lowest BCUT2D eigenvalue weighted by molar-refractivity contribution is -0.139. The molecular formula is C33H47F3N6O3. The SMILES string of the molecule is COc1cc(C(=O)NC2CCN(C)CC2)ccc1Nc1ncc(C(F)(F)F)c(CCCC2CCCCC2N(C)C(=O)C(C)C)n1. The first-order chi connectivity index (χ1) is 21.4. The van der Waals surface area contributed by atoms with Gasteiger partial charge < -0.3 is 25.2 Å². The van der Waals surface area contributed by atoms with E-state index in [1.165, 1.54) is 7.11 Å². The normalized spacial score (nSPS) is 19.8. The van der Waals surface area contributed by atoms with Gasteiger partial charge in [-0.1, -0.05) is 26.7 Å². The quantitative estimate of drug-likeness (QED) is 0.310. The number of likely N-dealkylation sites (tertiary alicyclic amines) is 1. The highest BCUT2D eigenvalue weighted by Gasteiger charge is 2.36. The number of halogens is 3. The zero-order valence-corrected chi connectivity index (χ0v) is 27.0. The van der Waals surface area contributed by atoms with Crippen LogP contribution in [-0.4, -0.2) is 78.0 Å². The van der Waals surface area contributed by atoms with Gasteiger partial charge in [-0.05, 0) is 89.2 Å². The minimum absolute atomic E-state index is 0.0117. The molecule has 1 saturated heterocycles. The predicted octanol–water partition coefficient (Wildman–Crippen LogP) is 6.07. The minimum Gasteiger partial charge on any atom is -0.495 e. The molecule has 2 heterocycles. The van der Waals surface area contributed by atoms with E-state index in [0.717, 1.165) is 57.8 Å². The molecule has 2 unspecified atom stereocenters. The number of hydrogen-bond donors (Lipinski definition) is 2. The van der Waals surface area contributed by atoms with Gasteiger partial charge in [-0.25, -0.2) is 9.97 Å². The molecule has 2 amide bonds. The molecule has 0 spiro atoms. The number of hydrogen-bond acceptors (Lipinski definition) is 7. The third kappa shape index (κ3) is 9.08. The number of piperidine rings is 1. The molecule has 2 aliphatic rings. The first-order valence-electron chi connectivity index (χ1n) is 16.0. The second-order valence-corrected chi connectivity index (χ2v) is 12.8. The summed E-state index contributed by atoms with van der Waals surface area (Å²) in [5.74, 6) is 0.383. The molecule has 1 aromatic heterocycles. The summed E-state index contributed by atoms with van der Waals surface area (Å²) in [5, 5.41) is 6.06. The number of methoxy groups -OCH3 is 1. The maximum atomic E-state index is 13.9. The molecule has 2 atom stereocenters. The van der Waals surface area contributed by atoms with E-state index in [1.54, 1.807) is 18.2 Å². The van der Waals surface area contributed by atoms with Gasteiger partial charge in [0.1, 0.15) is 5.75 Å². The first-order valence-corrected chi connectivity index (χ1v) is 16.0. The van der Waals surface area contributed by atoms with Crippen LogP contribution in [0.5, 0.6) is 5.75 Å². The molecule has 9 nitrogen and oxygen atoms in total. The smallest absolute Gasteiger partial charge is 0.419 e. The fourth-order valence-electron chi connectivity index (χ4n) is 6.52. The Balaban J connectivity index is 1.45. The van der Waals surface area contributed by atoms with Crippen LogP contribution < -0.4 is 15.4 Å². The number of rotatable bonds is 11. The minimum atomic E-state index is -4.59. The van der Waals surface area contributed by atoms with Crippen LogP contribution in [0.2, 0.25) is 0 Å². The summed E-state index contributed by atoms with van der Waals surface area (Å²) in [6, 6.07) is 5.08. The lowest BCUT2D eigenvalue weighted by atomic mass is 9.80. The first kappa shape index (κ1) is 34.5. The van der Waals surface area contributed by atoms with Crippen molar-refractivity contribution < 1.29 is 27.5 Å². The van der Waals surface area contributed by atoms with Crippen LogP contribution in [0.25, 0.3) is 0 Å². The van der Waals surface area contributed by atoms with Gasteiger partial charge in [0, 0.05) is 36.8 Å². The van der Waals surface area contributed by atoms with E-state index in [1.807, 2.05) is 25.8 Å². The van der Waals surface area contributed by atoms with Crippen molar-refractivity contribution in [2.75, 3.05) is 39.6 Å². The topological polar surface area (TPSA) is 99.7 Å². The number of carbonyl (C=O) groups excluding carboxylic acids is 2. The number of anilines is 2. The Labute approximate surface area is 264 Å². The molecule has 1 aromatic carbocycles. The highest BCUT2D eigenvalue weighted by atomic mass is 19.4. The van der Waals surface area contributed by atoms with Gasteiger partial charge in [0.25, 0.3) is 5.91 Å². The summed E-state index contributed by atoms with van der Waals surface area (Å²) in [6.45, 7) is 5.61. The number of aryl methyl sites for hydroxylation is 1. The van der Waals surface area contributed by atoms with Crippen LogP contribution in [-0.2, 0) is 17.4 Å². The van der Waals surface area contributed by atoms with Gasteiger partial charge in [0.05, 0.1) is 24.1 Å². The van der Waals surface area contributed by atoms with E-state index in [2.05, 4.69) is 32.5 Å². The number of nitrogens with zero attached hydrogens (tertiary/aromatic N) is 4. The van der Waals surface area contributed by atoms with Gasteiger partial charge in [0.2, 0.25) is 11.9 Å². The molecule has 1 saturated carbocycles. The van der Waals surface area contributed by atoms with Gasteiger partial charge in [-0.2, -0.15) is 13.2 Å². The van der Waals surface area contributed by atoms with Gasteiger partial charge in [0.15, 0.2) is 0 Å². The number of amides is 2. The highest BCUT2D eigenvalue weighted by Crippen LogP contribution is 2.35. The monoisotopic (exact) mass is 632 g/mol. The second kappa shape index (κ2) is 15.2. The Kier molecular flexibility index (Phi) is 11.7. The second-order valence-electron chi connectivity index (χ2n) is 12.8. The van der Waals surface area contributed by atoms with Crippen molar-refractivity contribution in [2.24, 2.45) is 11.8 Å². The van der Waals surface area contributed by atoms with E-state index in [9.17, 15) is 22.8 Å². The van der Waals surface area contributed by atoms with Crippen LogP contribution in [0.15, 0.2) is 24.4 Å². The lowest BCUT2D eigenvalue weighted by Gasteiger charge is -2.39. The third-order valence-electron chi connectivity index (χ3n) is 9.13. The Morgan fingerprint density at radius 3 is 2.51 bits per heavy atom. The molecule has 248 valence electrons. The van der Waals surface area contributed by atoms with E-state index < -0.39 is 11.7 Å². The van der Waals surface area contributed by atoms with Crippen LogP contribution >= 0.6 is 0 Å². The van der Waals surface area contributed by atoms with Crippen molar-refractivity contribution >= 4 is 23.5 Å². The predicted molar refractivity (Wildman–Crippen MR) is 168 cm³/mol. The average molecular weight is 633 g/mol. The summed E-state index contributed by atoms with van der Waals surface area (Å²) in [6.07, 6.45) is 3.29. The number of carbonyl (C=O) groups is 2. The molecule has 2 aromatic rings. The van der Waals surface area contributed by atoms with Gasteiger partial charge in [-0.3, -0.25) is 9.59 Å². The molecule has 2 N–H and O–H groups in total. The Hall–Kier alpha value is -3.41. The van der Waals surface area contributed by atoms with Gasteiger partial charge >= 0.3 is 6.18 Å². The molecule has 1 aliphatic carbocycles. The van der Waals surface area contributed by atoms with Crippen LogP contribution in [0.4, 0.5) is 24.8 Å². The Morgan fingerprint density at radius 2 is 1.84 bits per heavy atom. The fraction of sp³-hybridized carbons (Fsp3) is 0.636. The van der Waals surface area contributed by atoms with Crippen molar-refractivity contribution in [3.05, 3.63) is 41.2 Å². The molecule has 4 rings (SSSR count). The molecule has 1 aliphatic heterocycles. The van der Waals surface area contributed by atoms with E-state index in [4.69, 9.17) is 4.74 Å². The van der Waals surface area contributed by atoms with Crippen molar-refractivity contribution in [3.8, 4) is 5.75 Å². The highest BCUT2D eigenvalue weighted by molar-refractivity contribution is 5.95. The Bertz CT molecular complexity index is 1310. The zero-order valence-electron chi connectivity index (χ0n) is 27.0. The fourth-order valence-corrected chi connectivity index (χ4v) is 6.52. The number of ether oxygens (including phenoxy) is 1. The molecule has 2 fully saturated rings. The summed E-state index contributed by atoms with van der Waals surface area (Å²) in [4.78, 5) is 37.9. The van der Waals surface area contributed by atoms with Crippen LogP contribution in [0.1, 0.15) is 86.8 Å². The van der Waals surface area contributed by atoms with E-state index in [0.29, 0.717) is 29.8 Å². The lowest BCUT2D eigenvalue weighted by Crippen LogP contribution is -2.45. The van der Waals surface area contributed by atoms with Crippen molar-refractivity contribution in [3.63, 3.8) is 0 Å². The summed E-state index contributed by atoms with van der Waals surface area (Å²) < 4.78 is 47.3. The molecule has 0 radical (unpaired) electrons. The van der Waals surface area contributed by atoms with Crippen LogP contribution in [0.3, 0.4) is 0 Å². The molecule has 45 heavy (non-hydrogen) atoms. The van der Waals surface area contributed by atoms with Crippen molar-refractivity contribution in [1.29, 1.82) is 0 Å². The molecule has 0 bridgehead atoms. The van der Waals surface area contributed by atoms with E-state index >= 15 is 0 Å². The maximum absolute atomic E-state index is 13.9. The zero-order chi connectivity index (χ0) is 32.7. The number of aromatic nitrogens is 2. The summed E-state index contributed by atoms with van der Waals surface area (Å²) >= 11 is 0. The van der Waals surface area contributed by atoms with Crippen molar-refractivity contribution in [2.45, 2.75) is 89.9 Å². The van der Waals surface area contributed by atoms with E-state index in [-0.39, 0.29) is 53.8 Å². The third-order valence-corrected chi connectivity index (χ3v) is 9.13. The summed E-state index contributed by atoms with van der Waals surface area (Å²) in [5.41, 5.74) is -0.0747. The molecular weight excluding hydrogens is 585 g/mol. The van der Waals surface area contributed by atoms with Gasteiger partial charge in [-0.15, -0.1) is 0 Å². The standard InChI is InChI=1S/C33H47F3N6O3/c1-21(2)31(44)42(4)28-12-7-6-9-22(28)10-8-11-26-25(33(34,35)36)20-37-32(39-26)40-27-14-13-23(19-29(27)45-5)30(43)38-24-15-17-41(3)18-16-24/h13-14,19-22,24,28H,6-12,15-18H2,1-5H3,(H,38,43)(H,37,39,40). The van der Waals surface area contributed by atoms with Crippen molar-refractivity contribution in [1.82, 2.24) is 25.1 Å². The molecule has 12 heteroatoms. The average Bonchev–Trinajstić information content (AvgIpc) is 3.01. The maximum Gasteiger partial charge on any atom is 0.419 e. The number of nitrogens with one attached hydrogen (secondary N) is 2. The summed E-state index contributed by atoms with van der Waals surface area (Å²) in [7, 11) is 5.36. The van der Waals surface area contributed by atoms with Crippen LogP contribution in [0, 0.1) is 11.8 Å². The number of alkyl halides is 3.